The summed E-state index contributed by atoms with van der Waals surface area (Å²) in [4.78, 5) is 17.4. The quantitative estimate of drug-likeness (QED) is 0.239. The summed E-state index contributed by atoms with van der Waals surface area (Å²) in [5.41, 5.74) is 4.01. The number of nitrogens with zero attached hydrogens (tertiary/aromatic N) is 2. The molecule has 0 aliphatic heterocycles. The van der Waals surface area contributed by atoms with E-state index in [9.17, 15) is 4.79 Å². The van der Waals surface area contributed by atoms with Crippen molar-refractivity contribution in [3.63, 3.8) is 0 Å². The molecule has 4 aromatic rings. The highest BCUT2D eigenvalue weighted by Gasteiger charge is 2.18. The van der Waals surface area contributed by atoms with Crippen LogP contribution in [0.5, 0.6) is 11.5 Å². The number of benzene rings is 3. The highest BCUT2D eigenvalue weighted by Crippen LogP contribution is 2.26. The van der Waals surface area contributed by atoms with Crippen LogP contribution >= 0.6 is 11.6 Å². The molecule has 0 radical (unpaired) electrons. The third kappa shape index (κ3) is 6.38. The van der Waals surface area contributed by atoms with Gasteiger partial charge in [-0.1, -0.05) is 41.9 Å². The van der Waals surface area contributed by atoms with Crippen molar-refractivity contribution in [1.82, 2.24) is 14.9 Å². The highest BCUT2D eigenvalue weighted by molar-refractivity contribution is 6.32. The molecule has 0 aliphatic rings. The molecular weight excluding hydrogens is 474 g/mol. The van der Waals surface area contributed by atoms with Gasteiger partial charge in [-0.05, 0) is 81.1 Å². The molecule has 0 bridgehead atoms. The fourth-order valence-electron chi connectivity index (χ4n) is 4.22. The monoisotopic (exact) mass is 505 g/mol. The van der Waals surface area contributed by atoms with Crippen molar-refractivity contribution in [2.45, 2.75) is 46.2 Å². The third-order valence-corrected chi connectivity index (χ3v) is 6.61. The van der Waals surface area contributed by atoms with E-state index in [1.165, 1.54) is 0 Å². The standard InChI is InChI=1S/C29H32ClN3O3/c1-20-17-24(18-21(2)28(20)30)35-16-10-9-15-33-26-14-8-7-13-25(26)32-29(33)22(3)31-27(34)19-36-23-11-5-4-6-12-23/h4-8,11-14,17-18,22H,9-10,15-16,19H2,1-3H3,(H,31,34). The maximum Gasteiger partial charge on any atom is 0.258 e. The van der Waals surface area contributed by atoms with Crippen LogP contribution in [0.25, 0.3) is 11.0 Å². The predicted octanol–water partition coefficient (Wildman–Crippen LogP) is 6.42. The summed E-state index contributed by atoms with van der Waals surface area (Å²) in [5.74, 6) is 2.15. The van der Waals surface area contributed by atoms with E-state index < -0.39 is 0 Å². The summed E-state index contributed by atoms with van der Waals surface area (Å²) in [6, 6.07) is 21.0. The van der Waals surface area contributed by atoms with Gasteiger partial charge >= 0.3 is 0 Å². The van der Waals surface area contributed by atoms with Gasteiger partial charge in [-0.3, -0.25) is 4.79 Å². The van der Waals surface area contributed by atoms with E-state index in [4.69, 9.17) is 26.1 Å². The summed E-state index contributed by atoms with van der Waals surface area (Å²) < 4.78 is 13.7. The summed E-state index contributed by atoms with van der Waals surface area (Å²) in [7, 11) is 0. The number of nitrogens with one attached hydrogen (secondary N) is 1. The zero-order chi connectivity index (χ0) is 25.5. The fraction of sp³-hybridized carbons (Fsp3) is 0.310. The van der Waals surface area contributed by atoms with Gasteiger partial charge in [0.1, 0.15) is 17.3 Å². The Morgan fingerprint density at radius 2 is 1.67 bits per heavy atom. The maximum atomic E-state index is 12.5. The molecule has 1 heterocycles. The van der Waals surface area contributed by atoms with Crippen LogP contribution in [0.2, 0.25) is 5.02 Å². The number of carbonyl (C=O) groups excluding carboxylic acids is 1. The summed E-state index contributed by atoms with van der Waals surface area (Å²) in [6.07, 6.45) is 1.80. The first-order valence-corrected chi connectivity index (χ1v) is 12.6. The smallest absolute Gasteiger partial charge is 0.258 e. The Kier molecular flexibility index (Phi) is 8.49. The lowest BCUT2D eigenvalue weighted by Gasteiger charge is -2.17. The van der Waals surface area contributed by atoms with E-state index in [1.54, 1.807) is 0 Å². The van der Waals surface area contributed by atoms with E-state index in [-0.39, 0.29) is 18.6 Å². The van der Waals surface area contributed by atoms with E-state index in [1.807, 2.05) is 81.4 Å². The molecule has 1 atom stereocenters. The lowest BCUT2D eigenvalue weighted by Crippen LogP contribution is -2.32. The molecule has 3 aromatic carbocycles. The molecule has 36 heavy (non-hydrogen) atoms. The number of hydrogen-bond acceptors (Lipinski definition) is 4. The second-order valence-electron chi connectivity index (χ2n) is 8.93. The van der Waals surface area contributed by atoms with Crippen LogP contribution in [0.3, 0.4) is 0 Å². The van der Waals surface area contributed by atoms with Crippen LogP contribution in [-0.2, 0) is 11.3 Å². The van der Waals surface area contributed by atoms with Crippen molar-refractivity contribution >= 4 is 28.5 Å². The molecule has 0 fully saturated rings. The van der Waals surface area contributed by atoms with Gasteiger partial charge in [0.2, 0.25) is 0 Å². The molecule has 0 spiro atoms. The number of para-hydroxylation sites is 3. The number of amides is 1. The molecule has 188 valence electrons. The summed E-state index contributed by atoms with van der Waals surface area (Å²) >= 11 is 6.26. The van der Waals surface area contributed by atoms with Gasteiger partial charge in [0.15, 0.2) is 6.61 Å². The number of imidazole rings is 1. The van der Waals surface area contributed by atoms with Gasteiger partial charge in [0.05, 0.1) is 23.7 Å². The van der Waals surface area contributed by atoms with Crippen molar-refractivity contribution in [2.24, 2.45) is 0 Å². The van der Waals surface area contributed by atoms with E-state index >= 15 is 0 Å². The molecule has 7 heteroatoms. The number of hydrogen-bond donors (Lipinski definition) is 1. The molecule has 4 rings (SSSR count). The molecule has 1 N–H and O–H groups in total. The van der Waals surface area contributed by atoms with Crippen LogP contribution in [0.1, 0.15) is 42.8 Å². The Morgan fingerprint density at radius 1 is 0.972 bits per heavy atom. The van der Waals surface area contributed by atoms with Crippen LogP contribution in [0.4, 0.5) is 0 Å². The first-order chi connectivity index (χ1) is 17.4. The number of ether oxygens (including phenoxy) is 2. The lowest BCUT2D eigenvalue weighted by molar-refractivity contribution is -0.123. The summed E-state index contributed by atoms with van der Waals surface area (Å²) in [6.45, 7) is 7.27. The molecule has 0 saturated heterocycles. The largest absolute Gasteiger partial charge is 0.494 e. The first-order valence-electron chi connectivity index (χ1n) is 12.2. The minimum atomic E-state index is -0.263. The van der Waals surface area contributed by atoms with Crippen molar-refractivity contribution in [1.29, 1.82) is 0 Å². The van der Waals surface area contributed by atoms with Gasteiger partial charge in [0, 0.05) is 11.6 Å². The van der Waals surface area contributed by atoms with Crippen molar-refractivity contribution in [3.8, 4) is 11.5 Å². The van der Waals surface area contributed by atoms with Crippen molar-refractivity contribution < 1.29 is 14.3 Å². The minimum absolute atomic E-state index is 0.0461. The molecule has 0 aliphatic carbocycles. The predicted molar refractivity (Wildman–Crippen MR) is 144 cm³/mol. The van der Waals surface area contributed by atoms with Gasteiger partial charge < -0.3 is 19.4 Å². The lowest BCUT2D eigenvalue weighted by atomic mass is 10.1. The van der Waals surface area contributed by atoms with Crippen LogP contribution in [0.15, 0.2) is 66.7 Å². The molecule has 1 amide bonds. The van der Waals surface area contributed by atoms with Crippen LogP contribution < -0.4 is 14.8 Å². The Balaban J connectivity index is 1.35. The number of rotatable bonds is 11. The zero-order valence-electron chi connectivity index (χ0n) is 21.0. The minimum Gasteiger partial charge on any atom is -0.494 e. The number of carbonyl (C=O) groups is 1. The van der Waals surface area contributed by atoms with E-state index in [0.29, 0.717) is 12.4 Å². The number of aromatic nitrogens is 2. The molecule has 6 nitrogen and oxygen atoms in total. The summed E-state index contributed by atoms with van der Waals surface area (Å²) in [5, 5.41) is 3.81. The first kappa shape index (κ1) is 25.6. The second-order valence-corrected chi connectivity index (χ2v) is 9.31. The fourth-order valence-corrected chi connectivity index (χ4v) is 4.33. The Labute approximate surface area is 217 Å². The molecule has 1 unspecified atom stereocenters. The number of unbranched alkanes of at least 4 members (excludes halogenated alkanes) is 1. The Morgan fingerprint density at radius 3 is 2.42 bits per heavy atom. The van der Waals surface area contributed by atoms with Crippen molar-refractivity contribution in [2.75, 3.05) is 13.2 Å². The SMILES string of the molecule is Cc1cc(OCCCCn2c(C(C)NC(=O)COc3ccccc3)nc3ccccc32)cc(C)c1Cl. The Hall–Kier alpha value is -3.51. The second kappa shape index (κ2) is 12.0. The maximum absolute atomic E-state index is 12.5. The molecule has 1 aromatic heterocycles. The van der Waals surface area contributed by atoms with E-state index in [2.05, 4.69) is 16.0 Å². The van der Waals surface area contributed by atoms with Gasteiger partial charge in [-0.25, -0.2) is 4.98 Å². The van der Waals surface area contributed by atoms with Crippen molar-refractivity contribution in [3.05, 3.63) is 88.7 Å². The topological polar surface area (TPSA) is 65.4 Å². The third-order valence-electron chi connectivity index (χ3n) is 6.02. The average molecular weight is 506 g/mol. The zero-order valence-corrected chi connectivity index (χ0v) is 21.7. The van der Waals surface area contributed by atoms with Gasteiger partial charge in [-0.2, -0.15) is 0 Å². The van der Waals surface area contributed by atoms with Crippen LogP contribution in [-0.4, -0.2) is 28.7 Å². The molecular formula is C29H32ClN3O3. The molecule has 0 saturated carbocycles. The van der Waals surface area contributed by atoms with Crippen LogP contribution in [0, 0.1) is 13.8 Å². The average Bonchev–Trinajstić information content (AvgIpc) is 3.25. The number of halogens is 1. The van der Waals surface area contributed by atoms with Gasteiger partial charge in [-0.15, -0.1) is 0 Å². The van der Waals surface area contributed by atoms with Gasteiger partial charge in [0.25, 0.3) is 5.91 Å². The normalized spacial score (nSPS) is 11.9. The number of aryl methyl sites for hydroxylation is 3. The Bertz CT molecular complexity index is 1300. The van der Waals surface area contributed by atoms with E-state index in [0.717, 1.165) is 58.1 Å². The highest BCUT2D eigenvalue weighted by atomic mass is 35.5. The number of fused-ring (bicyclic) bond motifs is 1.